The summed E-state index contributed by atoms with van der Waals surface area (Å²) in [5, 5.41) is 7.89. The van der Waals surface area contributed by atoms with Crippen LogP contribution in [0.3, 0.4) is 0 Å². The highest BCUT2D eigenvalue weighted by molar-refractivity contribution is 9.10. The Balaban J connectivity index is 1.97. The average Bonchev–Trinajstić information content (AvgIpc) is 2.91. The molecule has 1 atom stereocenters. The van der Waals surface area contributed by atoms with Crippen molar-refractivity contribution in [2.75, 3.05) is 6.54 Å². The minimum absolute atomic E-state index is 0.546. The molecule has 2 aromatic rings. The van der Waals surface area contributed by atoms with Crippen LogP contribution < -0.4 is 5.32 Å². The largest absolute Gasteiger partial charge is 0.314 e. The van der Waals surface area contributed by atoms with E-state index in [1.165, 1.54) is 14.2 Å². The molecular weight excluding hydrogens is 314 g/mol. The summed E-state index contributed by atoms with van der Waals surface area (Å²) in [7, 11) is 0. The summed E-state index contributed by atoms with van der Waals surface area (Å²) in [4.78, 5) is 2.91. The van der Waals surface area contributed by atoms with Crippen LogP contribution in [0.25, 0.3) is 0 Å². The zero-order valence-electron chi connectivity index (χ0n) is 9.78. The number of rotatable bonds is 6. The number of likely N-dealkylation sites (N-methyl/N-ethyl adjacent to an activating group) is 1. The number of halogens is 1. The van der Waals surface area contributed by atoms with Crippen LogP contribution in [0.2, 0.25) is 0 Å². The van der Waals surface area contributed by atoms with E-state index in [2.05, 4.69) is 57.1 Å². The van der Waals surface area contributed by atoms with Gasteiger partial charge in [0.2, 0.25) is 0 Å². The smallest absolute Gasteiger partial charge is 0.0285 e. The molecule has 2 aromatic heterocycles. The van der Waals surface area contributed by atoms with Crippen LogP contribution >= 0.6 is 38.6 Å². The Bertz CT molecular complexity index is 436. The lowest BCUT2D eigenvalue weighted by atomic mass is 10.1. The zero-order valence-corrected chi connectivity index (χ0v) is 13.0. The van der Waals surface area contributed by atoms with Crippen molar-refractivity contribution in [2.45, 2.75) is 25.8 Å². The molecule has 0 bridgehead atoms. The van der Waals surface area contributed by atoms with E-state index in [9.17, 15) is 0 Å². The van der Waals surface area contributed by atoms with Crippen molar-refractivity contribution in [3.8, 4) is 0 Å². The van der Waals surface area contributed by atoms with E-state index >= 15 is 0 Å². The van der Waals surface area contributed by atoms with E-state index in [-0.39, 0.29) is 0 Å². The molecule has 2 rings (SSSR count). The highest BCUT2D eigenvalue weighted by Crippen LogP contribution is 2.22. The second-order valence-corrected chi connectivity index (χ2v) is 6.92. The van der Waals surface area contributed by atoms with Crippen LogP contribution in [0.15, 0.2) is 33.4 Å². The van der Waals surface area contributed by atoms with Crippen LogP contribution in [0.1, 0.15) is 16.7 Å². The first-order valence-corrected chi connectivity index (χ1v) is 8.32. The third kappa shape index (κ3) is 4.21. The molecule has 4 heteroatoms. The molecule has 0 aliphatic carbocycles. The van der Waals surface area contributed by atoms with Gasteiger partial charge in [0, 0.05) is 25.6 Å². The van der Waals surface area contributed by atoms with Gasteiger partial charge in [0.1, 0.15) is 0 Å². The van der Waals surface area contributed by atoms with Gasteiger partial charge < -0.3 is 5.32 Å². The van der Waals surface area contributed by atoms with Crippen LogP contribution in [0.4, 0.5) is 0 Å². The van der Waals surface area contributed by atoms with Crippen molar-refractivity contribution in [2.24, 2.45) is 0 Å². The summed E-state index contributed by atoms with van der Waals surface area (Å²) >= 11 is 7.19. The molecule has 0 spiro atoms. The fourth-order valence-electron chi connectivity index (χ4n) is 1.88. The van der Waals surface area contributed by atoms with Gasteiger partial charge in [0.15, 0.2) is 0 Å². The molecule has 0 aliphatic rings. The monoisotopic (exact) mass is 329 g/mol. The molecule has 0 radical (unpaired) electrons. The molecule has 1 nitrogen and oxygen atoms in total. The number of thiophene rings is 2. The predicted octanol–water partition coefficient (Wildman–Crippen LogP) is 4.34. The van der Waals surface area contributed by atoms with Gasteiger partial charge in [-0.3, -0.25) is 0 Å². The van der Waals surface area contributed by atoms with Gasteiger partial charge in [-0.25, -0.2) is 0 Å². The normalized spacial score (nSPS) is 12.8. The molecule has 0 aliphatic heterocycles. The van der Waals surface area contributed by atoms with Gasteiger partial charge >= 0.3 is 0 Å². The number of hydrogen-bond acceptors (Lipinski definition) is 3. The van der Waals surface area contributed by atoms with E-state index in [1.54, 1.807) is 0 Å². The Morgan fingerprint density at radius 1 is 1.29 bits per heavy atom. The first kappa shape index (κ1) is 13.3. The van der Waals surface area contributed by atoms with Crippen molar-refractivity contribution in [1.29, 1.82) is 0 Å². The van der Waals surface area contributed by atoms with Crippen molar-refractivity contribution < 1.29 is 0 Å². The van der Waals surface area contributed by atoms with E-state index in [0.29, 0.717) is 6.04 Å². The lowest BCUT2D eigenvalue weighted by Gasteiger charge is -2.16. The molecule has 2 heterocycles. The Labute approximate surface area is 119 Å². The van der Waals surface area contributed by atoms with Gasteiger partial charge in [-0.15, -0.1) is 22.7 Å². The van der Waals surface area contributed by atoms with Gasteiger partial charge in [0.25, 0.3) is 0 Å². The molecule has 0 aromatic carbocycles. The second-order valence-electron chi connectivity index (χ2n) is 3.97. The Hall–Kier alpha value is -0.160. The standard InChI is InChI=1S/C13H16BrNS2/c1-2-15-11(7-12-4-3-5-16-12)8-13-6-10(14)9-17-13/h3-6,9,11,15H,2,7-8H2,1H3. The molecule has 1 unspecified atom stereocenters. The third-order valence-corrected chi connectivity index (χ3v) is 5.21. The minimum atomic E-state index is 0.546. The molecule has 92 valence electrons. The minimum Gasteiger partial charge on any atom is -0.314 e. The summed E-state index contributed by atoms with van der Waals surface area (Å²) in [6, 6.07) is 7.12. The quantitative estimate of drug-likeness (QED) is 0.831. The molecule has 0 fully saturated rings. The van der Waals surface area contributed by atoms with Crippen LogP contribution in [0, 0.1) is 0 Å². The van der Waals surface area contributed by atoms with Crippen molar-refractivity contribution >= 4 is 38.6 Å². The second kappa shape index (κ2) is 6.69. The highest BCUT2D eigenvalue weighted by atomic mass is 79.9. The maximum Gasteiger partial charge on any atom is 0.0285 e. The first-order chi connectivity index (χ1) is 8.28. The first-order valence-electron chi connectivity index (χ1n) is 5.76. The van der Waals surface area contributed by atoms with E-state index in [4.69, 9.17) is 0 Å². The summed E-state index contributed by atoms with van der Waals surface area (Å²) in [5.41, 5.74) is 0. The lowest BCUT2D eigenvalue weighted by Crippen LogP contribution is -2.32. The third-order valence-electron chi connectivity index (χ3n) is 2.59. The van der Waals surface area contributed by atoms with Gasteiger partial charge in [-0.05, 0) is 52.8 Å². The van der Waals surface area contributed by atoms with Crippen molar-refractivity contribution in [3.63, 3.8) is 0 Å². The summed E-state index contributed by atoms with van der Waals surface area (Å²) in [6.45, 7) is 3.20. The van der Waals surface area contributed by atoms with E-state index < -0.39 is 0 Å². The SMILES string of the molecule is CCNC(Cc1cccs1)Cc1cc(Br)cs1. The van der Waals surface area contributed by atoms with Crippen LogP contribution in [-0.4, -0.2) is 12.6 Å². The maximum absolute atomic E-state index is 3.58. The number of hydrogen-bond donors (Lipinski definition) is 1. The Morgan fingerprint density at radius 3 is 2.71 bits per heavy atom. The Morgan fingerprint density at radius 2 is 2.12 bits per heavy atom. The Kier molecular flexibility index (Phi) is 5.22. The fourth-order valence-corrected chi connectivity index (χ4v) is 4.20. The summed E-state index contributed by atoms with van der Waals surface area (Å²) in [5.74, 6) is 0. The molecule has 0 saturated heterocycles. The molecule has 0 amide bonds. The van der Waals surface area contributed by atoms with Crippen LogP contribution in [-0.2, 0) is 12.8 Å². The maximum atomic E-state index is 3.58. The summed E-state index contributed by atoms with van der Waals surface area (Å²) in [6.07, 6.45) is 2.24. The molecular formula is C13H16BrNS2. The fraction of sp³-hybridized carbons (Fsp3) is 0.385. The highest BCUT2D eigenvalue weighted by Gasteiger charge is 2.11. The zero-order chi connectivity index (χ0) is 12.1. The predicted molar refractivity (Wildman–Crippen MR) is 81.2 cm³/mol. The molecule has 1 N–H and O–H groups in total. The van der Waals surface area contributed by atoms with E-state index in [1.807, 2.05) is 22.7 Å². The average molecular weight is 330 g/mol. The van der Waals surface area contributed by atoms with Crippen LogP contribution in [0.5, 0.6) is 0 Å². The summed E-state index contributed by atoms with van der Waals surface area (Å²) < 4.78 is 1.20. The van der Waals surface area contributed by atoms with Gasteiger partial charge in [-0.1, -0.05) is 13.0 Å². The molecule has 0 saturated carbocycles. The van der Waals surface area contributed by atoms with E-state index in [0.717, 1.165) is 19.4 Å². The lowest BCUT2D eigenvalue weighted by molar-refractivity contribution is 0.527. The van der Waals surface area contributed by atoms with Crippen molar-refractivity contribution in [3.05, 3.63) is 43.2 Å². The number of nitrogens with one attached hydrogen (secondary N) is 1. The molecule has 17 heavy (non-hydrogen) atoms. The topological polar surface area (TPSA) is 12.0 Å². The van der Waals surface area contributed by atoms with Gasteiger partial charge in [0.05, 0.1) is 0 Å². The van der Waals surface area contributed by atoms with Gasteiger partial charge in [-0.2, -0.15) is 0 Å². The van der Waals surface area contributed by atoms with Crippen molar-refractivity contribution in [1.82, 2.24) is 5.32 Å².